The number of hydrogen-bond donors (Lipinski definition) is 1. The van der Waals surface area contributed by atoms with Gasteiger partial charge in [-0.2, -0.15) is 0 Å². The van der Waals surface area contributed by atoms with Gasteiger partial charge in [0.15, 0.2) is 0 Å². The summed E-state index contributed by atoms with van der Waals surface area (Å²) in [5, 5.41) is 3.01. The number of hydrogen-bond acceptors (Lipinski definition) is 4. The maximum atomic E-state index is 12.6. The summed E-state index contributed by atoms with van der Waals surface area (Å²) >= 11 is 0. The number of morpholine rings is 1. The molecule has 28 heavy (non-hydrogen) atoms. The smallest absolute Gasteiger partial charge is 0.327 e. The molecule has 6 heteroatoms. The second kappa shape index (κ2) is 8.89. The quantitative estimate of drug-likeness (QED) is 0.668. The number of anilines is 1. The highest BCUT2D eigenvalue weighted by molar-refractivity contribution is 5.95. The third kappa shape index (κ3) is 4.17. The van der Waals surface area contributed by atoms with E-state index < -0.39 is 0 Å². The van der Waals surface area contributed by atoms with Crippen molar-refractivity contribution in [2.24, 2.45) is 0 Å². The van der Waals surface area contributed by atoms with Crippen LogP contribution in [0.25, 0.3) is 11.0 Å². The number of aromatic nitrogens is 2. The van der Waals surface area contributed by atoms with Crippen molar-refractivity contribution in [1.29, 1.82) is 0 Å². The normalized spacial score (nSPS) is 14.4. The lowest BCUT2D eigenvalue weighted by Crippen LogP contribution is -2.36. The Hall–Kier alpha value is -2.86. The van der Waals surface area contributed by atoms with Crippen molar-refractivity contribution in [2.45, 2.75) is 19.3 Å². The number of nitrogens with zero attached hydrogens (tertiary/aromatic N) is 3. The zero-order valence-electron chi connectivity index (χ0n) is 16.0. The van der Waals surface area contributed by atoms with Crippen LogP contribution in [0.1, 0.15) is 18.4 Å². The van der Waals surface area contributed by atoms with Crippen LogP contribution >= 0.6 is 0 Å². The predicted molar refractivity (Wildman–Crippen MR) is 111 cm³/mol. The fraction of sp³-hybridized carbons (Fsp3) is 0.364. The summed E-state index contributed by atoms with van der Waals surface area (Å²) in [5.74, 6) is 0. The monoisotopic (exact) mass is 378 g/mol. The number of carbonyl (C=O) groups excluding carboxylic acids is 1. The van der Waals surface area contributed by atoms with Crippen LogP contribution < -0.4 is 10.2 Å². The van der Waals surface area contributed by atoms with E-state index in [-0.39, 0.29) is 6.03 Å². The molecule has 1 fully saturated rings. The van der Waals surface area contributed by atoms with E-state index in [0.717, 1.165) is 62.3 Å². The van der Waals surface area contributed by atoms with E-state index in [1.165, 1.54) is 5.56 Å². The van der Waals surface area contributed by atoms with Gasteiger partial charge >= 0.3 is 6.03 Å². The lowest BCUT2D eigenvalue weighted by atomic mass is 10.1. The largest absolute Gasteiger partial charge is 0.378 e. The van der Waals surface area contributed by atoms with Gasteiger partial charge in [-0.1, -0.05) is 36.4 Å². The Labute approximate surface area is 165 Å². The number of nitrogens with one attached hydrogen (secondary N) is 1. The van der Waals surface area contributed by atoms with Crippen molar-refractivity contribution in [2.75, 3.05) is 37.7 Å². The highest BCUT2D eigenvalue weighted by Crippen LogP contribution is 2.26. The van der Waals surface area contributed by atoms with Crippen LogP contribution in [0.3, 0.4) is 0 Å². The number of rotatable bonds is 6. The fourth-order valence-electron chi connectivity index (χ4n) is 3.62. The van der Waals surface area contributed by atoms with Crippen LogP contribution in [0, 0.1) is 0 Å². The molecule has 6 nitrogen and oxygen atoms in total. The van der Waals surface area contributed by atoms with Crippen molar-refractivity contribution >= 4 is 22.8 Å². The Bertz CT molecular complexity index is 917. The second-order valence-electron chi connectivity index (χ2n) is 7.03. The summed E-state index contributed by atoms with van der Waals surface area (Å²) in [6.07, 6.45) is 4.66. The Morgan fingerprint density at radius 1 is 1.04 bits per heavy atom. The van der Waals surface area contributed by atoms with Crippen LogP contribution in [0.15, 0.2) is 54.9 Å². The predicted octanol–water partition coefficient (Wildman–Crippen LogP) is 3.45. The zero-order chi connectivity index (χ0) is 19.2. The number of benzene rings is 2. The summed E-state index contributed by atoms with van der Waals surface area (Å²) in [7, 11) is 0. The first-order valence-corrected chi connectivity index (χ1v) is 9.94. The van der Waals surface area contributed by atoms with Crippen molar-refractivity contribution in [3.63, 3.8) is 0 Å². The van der Waals surface area contributed by atoms with Crippen LogP contribution in [-0.4, -0.2) is 48.4 Å². The first-order chi connectivity index (χ1) is 13.8. The molecule has 1 amide bonds. The molecule has 0 spiro atoms. The Morgan fingerprint density at radius 3 is 2.68 bits per heavy atom. The molecule has 2 heterocycles. The third-order valence-electron chi connectivity index (χ3n) is 5.14. The number of unbranched alkanes of at least 4 members (excludes halogenated alkanes) is 1. The summed E-state index contributed by atoms with van der Waals surface area (Å²) in [4.78, 5) is 19.4. The maximum absolute atomic E-state index is 12.6. The third-order valence-corrected chi connectivity index (χ3v) is 5.14. The van der Waals surface area contributed by atoms with Crippen molar-refractivity contribution < 1.29 is 9.53 Å². The SMILES string of the molecule is O=C(NCCCCc1ccccc1)n1cnc2c(N3CCOCC3)cccc21. The molecule has 1 aliphatic rings. The number of carbonyl (C=O) groups is 1. The first-order valence-electron chi connectivity index (χ1n) is 9.94. The minimum atomic E-state index is -0.124. The summed E-state index contributed by atoms with van der Waals surface area (Å²) in [5.41, 5.74) is 4.11. The van der Waals surface area contributed by atoms with E-state index in [0.29, 0.717) is 6.54 Å². The number of aryl methyl sites for hydroxylation is 1. The molecule has 146 valence electrons. The highest BCUT2D eigenvalue weighted by Gasteiger charge is 2.17. The van der Waals surface area contributed by atoms with Crippen LogP contribution in [0.4, 0.5) is 10.5 Å². The highest BCUT2D eigenvalue weighted by atomic mass is 16.5. The number of amides is 1. The van der Waals surface area contributed by atoms with Crippen molar-refractivity contribution in [3.05, 3.63) is 60.4 Å². The average Bonchev–Trinajstić information content (AvgIpc) is 3.19. The fourth-order valence-corrected chi connectivity index (χ4v) is 3.62. The molecule has 1 aliphatic heterocycles. The Balaban J connectivity index is 1.35. The summed E-state index contributed by atoms with van der Waals surface area (Å²) in [6.45, 7) is 3.80. The molecule has 1 aromatic heterocycles. The number of ether oxygens (including phenoxy) is 1. The lowest BCUT2D eigenvalue weighted by molar-refractivity contribution is 0.123. The van der Waals surface area contributed by atoms with Gasteiger partial charge in [0.1, 0.15) is 11.8 Å². The molecular weight excluding hydrogens is 352 g/mol. The standard InChI is InChI=1S/C22H26N4O2/c27-22(23-12-5-4-9-18-7-2-1-3-8-18)26-17-24-21-19(10-6-11-20(21)26)25-13-15-28-16-14-25/h1-3,6-8,10-11,17H,4-5,9,12-16H2,(H,23,27). The first kappa shape index (κ1) is 18.5. The van der Waals surface area contributed by atoms with Gasteiger partial charge in [-0.15, -0.1) is 0 Å². The topological polar surface area (TPSA) is 59.4 Å². The van der Waals surface area contributed by atoms with Gasteiger partial charge in [-0.05, 0) is 37.0 Å². The summed E-state index contributed by atoms with van der Waals surface area (Å²) < 4.78 is 7.05. The summed E-state index contributed by atoms with van der Waals surface area (Å²) in [6, 6.07) is 16.3. The number of imidazole rings is 1. The maximum Gasteiger partial charge on any atom is 0.327 e. The van der Waals surface area contributed by atoms with E-state index in [1.54, 1.807) is 10.9 Å². The van der Waals surface area contributed by atoms with Crippen LogP contribution in [0.2, 0.25) is 0 Å². The van der Waals surface area contributed by atoms with E-state index in [4.69, 9.17) is 4.74 Å². The van der Waals surface area contributed by atoms with Gasteiger partial charge in [0.2, 0.25) is 0 Å². The second-order valence-corrected chi connectivity index (χ2v) is 7.03. The molecule has 0 bridgehead atoms. The lowest BCUT2D eigenvalue weighted by Gasteiger charge is -2.29. The van der Waals surface area contributed by atoms with Gasteiger partial charge in [-0.3, -0.25) is 4.57 Å². The minimum absolute atomic E-state index is 0.124. The van der Waals surface area contributed by atoms with Gasteiger partial charge < -0.3 is 15.0 Å². The molecule has 3 aromatic rings. The minimum Gasteiger partial charge on any atom is -0.378 e. The Morgan fingerprint density at radius 2 is 1.86 bits per heavy atom. The molecule has 4 rings (SSSR count). The van der Waals surface area contributed by atoms with Crippen molar-refractivity contribution in [1.82, 2.24) is 14.9 Å². The molecule has 1 saturated heterocycles. The van der Waals surface area contributed by atoms with Crippen molar-refractivity contribution in [3.8, 4) is 0 Å². The van der Waals surface area contributed by atoms with Gasteiger partial charge in [0.25, 0.3) is 0 Å². The van der Waals surface area contributed by atoms with E-state index in [1.807, 2.05) is 18.2 Å². The van der Waals surface area contributed by atoms with Crippen LogP contribution in [0.5, 0.6) is 0 Å². The molecular formula is C22H26N4O2. The molecule has 0 unspecified atom stereocenters. The molecule has 2 aromatic carbocycles. The number of fused-ring (bicyclic) bond motifs is 1. The molecule has 0 aliphatic carbocycles. The molecule has 1 N–H and O–H groups in total. The average molecular weight is 378 g/mol. The van der Waals surface area contributed by atoms with E-state index in [9.17, 15) is 4.79 Å². The van der Waals surface area contributed by atoms with E-state index in [2.05, 4.69) is 45.5 Å². The van der Waals surface area contributed by atoms with Gasteiger partial charge in [-0.25, -0.2) is 9.78 Å². The molecule has 0 radical (unpaired) electrons. The number of para-hydroxylation sites is 1. The van der Waals surface area contributed by atoms with Gasteiger partial charge in [0.05, 0.1) is 24.4 Å². The van der Waals surface area contributed by atoms with Crippen LogP contribution in [-0.2, 0) is 11.2 Å². The molecule has 0 atom stereocenters. The zero-order valence-corrected chi connectivity index (χ0v) is 16.0. The van der Waals surface area contributed by atoms with Gasteiger partial charge in [0, 0.05) is 19.6 Å². The molecule has 0 saturated carbocycles. The van der Waals surface area contributed by atoms with E-state index >= 15 is 0 Å². The Kier molecular flexibility index (Phi) is 5.87.